The van der Waals surface area contributed by atoms with Crippen molar-refractivity contribution < 1.29 is 0 Å². The lowest BCUT2D eigenvalue weighted by Crippen LogP contribution is -2.52. The Bertz CT molecular complexity index is 412. The van der Waals surface area contributed by atoms with E-state index in [0.29, 0.717) is 5.41 Å². The maximum Gasteiger partial charge on any atom is -0.0266 e. The fourth-order valence-electron chi connectivity index (χ4n) is 8.07. The highest BCUT2D eigenvalue weighted by molar-refractivity contribution is 5.08. The average Bonchev–Trinajstić information content (AvgIpc) is 2.91. The number of hydrogen-bond acceptors (Lipinski definition) is 0. The first kappa shape index (κ1) is 18.8. The summed E-state index contributed by atoms with van der Waals surface area (Å²) in [6.45, 7) is 12.1. The quantitative estimate of drug-likeness (QED) is 0.458. The molecule has 140 valence electrons. The second kappa shape index (κ2) is 7.32. The van der Waals surface area contributed by atoms with Gasteiger partial charge in [-0.2, -0.15) is 0 Å². The maximum atomic E-state index is 2.71. The summed E-state index contributed by atoms with van der Waals surface area (Å²) in [5, 5.41) is 0. The topological polar surface area (TPSA) is 0 Å². The molecule has 0 amide bonds. The van der Waals surface area contributed by atoms with Gasteiger partial charge in [0.2, 0.25) is 0 Å². The maximum absolute atomic E-state index is 2.71. The van der Waals surface area contributed by atoms with E-state index >= 15 is 0 Å². The molecule has 0 radical (unpaired) electrons. The third-order valence-corrected chi connectivity index (χ3v) is 9.27. The summed E-state index contributed by atoms with van der Waals surface area (Å²) < 4.78 is 0. The SMILES string of the molecule is CCC.CCC1CCC2C3CCC4CCCCC4(C)C3CCC12C. The zero-order chi connectivity index (χ0) is 17.4. The molecule has 0 spiro atoms. The van der Waals surface area contributed by atoms with Crippen LogP contribution in [0, 0.1) is 40.4 Å². The van der Waals surface area contributed by atoms with Gasteiger partial charge in [-0.3, -0.25) is 0 Å². The molecule has 0 aromatic rings. The van der Waals surface area contributed by atoms with Crippen molar-refractivity contribution in [2.24, 2.45) is 40.4 Å². The van der Waals surface area contributed by atoms with Crippen LogP contribution in [0.1, 0.15) is 112 Å². The summed E-state index contributed by atoms with van der Waals surface area (Å²) in [5.74, 6) is 5.39. The molecule has 4 rings (SSSR count). The van der Waals surface area contributed by atoms with Crippen molar-refractivity contribution in [2.45, 2.75) is 112 Å². The summed E-state index contributed by atoms with van der Waals surface area (Å²) in [6, 6.07) is 0. The van der Waals surface area contributed by atoms with E-state index in [1.54, 1.807) is 51.4 Å². The molecule has 0 aromatic carbocycles. The van der Waals surface area contributed by atoms with Gasteiger partial charge in [0.15, 0.2) is 0 Å². The highest BCUT2D eigenvalue weighted by atomic mass is 14.6. The first-order valence-electron chi connectivity index (χ1n) is 11.5. The van der Waals surface area contributed by atoms with E-state index in [1.165, 1.54) is 25.7 Å². The highest BCUT2D eigenvalue weighted by Gasteiger charge is 2.59. The van der Waals surface area contributed by atoms with E-state index in [1.807, 2.05) is 0 Å². The Labute approximate surface area is 152 Å². The molecule has 7 atom stereocenters. The average molecular weight is 333 g/mol. The van der Waals surface area contributed by atoms with Gasteiger partial charge in [-0.05, 0) is 91.8 Å². The Kier molecular flexibility index (Phi) is 5.73. The van der Waals surface area contributed by atoms with Crippen LogP contribution < -0.4 is 0 Å². The van der Waals surface area contributed by atoms with Gasteiger partial charge in [0.25, 0.3) is 0 Å². The van der Waals surface area contributed by atoms with Crippen molar-refractivity contribution in [3.05, 3.63) is 0 Å². The summed E-state index contributed by atoms with van der Waals surface area (Å²) in [6.07, 6.45) is 18.2. The Hall–Kier alpha value is 0. The van der Waals surface area contributed by atoms with Crippen LogP contribution in [0.4, 0.5) is 0 Å². The molecular formula is C24H44. The molecule has 4 aliphatic carbocycles. The molecule has 0 heteroatoms. The Balaban J connectivity index is 0.000000526. The van der Waals surface area contributed by atoms with Crippen molar-refractivity contribution >= 4 is 0 Å². The number of rotatable bonds is 1. The predicted molar refractivity (Wildman–Crippen MR) is 106 cm³/mol. The van der Waals surface area contributed by atoms with Gasteiger partial charge in [-0.15, -0.1) is 0 Å². The largest absolute Gasteiger partial charge is 0.0656 e. The van der Waals surface area contributed by atoms with Crippen molar-refractivity contribution in [3.63, 3.8) is 0 Å². The van der Waals surface area contributed by atoms with Crippen LogP contribution in [-0.4, -0.2) is 0 Å². The summed E-state index contributed by atoms with van der Waals surface area (Å²) in [4.78, 5) is 0. The van der Waals surface area contributed by atoms with Crippen molar-refractivity contribution in [2.75, 3.05) is 0 Å². The van der Waals surface area contributed by atoms with Crippen LogP contribution in [0.5, 0.6) is 0 Å². The van der Waals surface area contributed by atoms with Crippen LogP contribution in [0.3, 0.4) is 0 Å². The molecule has 0 aliphatic heterocycles. The van der Waals surface area contributed by atoms with E-state index < -0.39 is 0 Å². The molecule has 4 fully saturated rings. The minimum absolute atomic E-state index is 0.716. The van der Waals surface area contributed by atoms with E-state index in [-0.39, 0.29) is 0 Å². The minimum atomic E-state index is 0.716. The Morgan fingerprint density at radius 1 is 0.708 bits per heavy atom. The lowest BCUT2D eigenvalue weighted by Gasteiger charge is -2.60. The molecule has 4 aliphatic rings. The predicted octanol–water partition coefficient (Wildman–Crippen LogP) is 7.86. The molecule has 0 aromatic heterocycles. The molecule has 4 saturated carbocycles. The smallest absolute Gasteiger partial charge is 0.0266 e. The first-order chi connectivity index (χ1) is 11.5. The van der Waals surface area contributed by atoms with Gasteiger partial charge in [0.05, 0.1) is 0 Å². The van der Waals surface area contributed by atoms with Crippen LogP contribution in [-0.2, 0) is 0 Å². The van der Waals surface area contributed by atoms with Gasteiger partial charge in [0, 0.05) is 0 Å². The van der Waals surface area contributed by atoms with Gasteiger partial charge in [0.1, 0.15) is 0 Å². The van der Waals surface area contributed by atoms with Crippen LogP contribution in [0.2, 0.25) is 0 Å². The molecule has 0 N–H and O–H groups in total. The lowest BCUT2D eigenvalue weighted by atomic mass is 9.45. The van der Waals surface area contributed by atoms with Crippen molar-refractivity contribution in [1.29, 1.82) is 0 Å². The zero-order valence-corrected chi connectivity index (χ0v) is 17.4. The number of fused-ring (bicyclic) bond motifs is 5. The van der Waals surface area contributed by atoms with E-state index in [2.05, 4.69) is 34.6 Å². The number of hydrogen-bond donors (Lipinski definition) is 0. The molecule has 0 bridgehead atoms. The standard InChI is InChI=1S/C21H36.C3H8/c1-4-15-9-11-18-17-10-8-16-7-5-6-13-20(16,2)19(17)12-14-21(15,18)3;1-3-2/h15-19H,4-14H2,1-3H3;3H2,1-2H3. The third kappa shape index (κ3) is 2.88. The highest BCUT2D eigenvalue weighted by Crippen LogP contribution is 2.67. The van der Waals surface area contributed by atoms with Gasteiger partial charge < -0.3 is 0 Å². The third-order valence-electron chi connectivity index (χ3n) is 9.27. The fourth-order valence-corrected chi connectivity index (χ4v) is 8.07. The molecule has 0 saturated heterocycles. The Morgan fingerprint density at radius 2 is 1.42 bits per heavy atom. The normalized spacial score (nSPS) is 50.1. The molecule has 0 nitrogen and oxygen atoms in total. The second-order valence-corrected chi connectivity index (χ2v) is 10.3. The lowest BCUT2D eigenvalue weighted by molar-refractivity contribution is -0.110. The monoisotopic (exact) mass is 332 g/mol. The fraction of sp³-hybridized carbons (Fsp3) is 1.00. The van der Waals surface area contributed by atoms with Crippen molar-refractivity contribution in [1.82, 2.24) is 0 Å². The molecule has 0 heterocycles. The van der Waals surface area contributed by atoms with Gasteiger partial charge >= 0.3 is 0 Å². The van der Waals surface area contributed by atoms with E-state index in [0.717, 1.165) is 35.0 Å². The van der Waals surface area contributed by atoms with Crippen LogP contribution >= 0.6 is 0 Å². The second-order valence-electron chi connectivity index (χ2n) is 10.3. The van der Waals surface area contributed by atoms with Crippen molar-refractivity contribution in [3.8, 4) is 0 Å². The zero-order valence-electron chi connectivity index (χ0n) is 17.4. The molecule has 24 heavy (non-hydrogen) atoms. The van der Waals surface area contributed by atoms with E-state index in [4.69, 9.17) is 0 Å². The first-order valence-corrected chi connectivity index (χ1v) is 11.5. The summed E-state index contributed by atoms with van der Waals surface area (Å²) >= 11 is 0. The summed E-state index contributed by atoms with van der Waals surface area (Å²) in [7, 11) is 0. The molecule has 7 unspecified atom stereocenters. The summed E-state index contributed by atoms with van der Waals surface area (Å²) in [5.41, 5.74) is 1.45. The van der Waals surface area contributed by atoms with Gasteiger partial charge in [-0.1, -0.05) is 60.3 Å². The van der Waals surface area contributed by atoms with Crippen LogP contribution in [0.25, 0.3) is 0 Å². The Morgan fingerprint density at radius 3 is 2.12 bits per heavy atom. The minimum Gasteiger partial charge on any atom is -0.0656 e. The molecular weight excluding hydrogens is 288 g/mol. The van der Waals surface area contributed by atoms with Gasteiger partial charge in [-0.25, -0.2) is 0 Å². The van der Waals surface area contributed by atoms with E-state index in [9.17, 15) is 0 Å². The van der Waals surface area contributed by atoms with Crippen LogP contribution in [0.15, 0.2) is 0 Å².